The second kappa shape index (κ2) is 8.02. The largest absolute Gasteiger partial charge is 0.496 e. The number of methoxy groups -OCH3 is 1. The Kier molecular flexibility index (Phi) is 5.27. The lowest BCUT2D eigenvalue weighted by Crippen LogP contribution is -2.24. The average molecular weight is 405 g/mol. The van der Waals surface area contributed by atoms with Gasteiger partial charge in [0, 0.05) is 22.9 Å². The van der Waals surface area contributed by atoms with Crippen molar-refractivity contribution in [2.45, 2.75) is 33.2 Å². The number of nitrogens with zero attached hydrogens (tertiary/aromatic N) is 1. The number of benzene rings is 2. The van der Waals surface area contributed by atoms with Crippen LogP contribution in [0.1, 0.15) is 28.9 Å². The molecule has 0 aliphatic rings. The molecule has 2 heterocycles. The van der Waals surface area contributed by atoms with E-state index in [4.69, 9.17) is 9.15 Å². The Balaban J connectivity index is 1.46. The van der Waals surface area contributed by atoms with Gasteiger partial charge in [0.1, 0.15) is 17.2 Å². The van der Waals surface area contributed by atoms with Crippen molar-refractivity contribution in [2.24, 2.45) is 0 Å². The van der Waals surface area contributed by atoms with Crippen molar-refractivity contribution in [3.05, 3.63) is 69.3 Å². The van der Waals surface area contributed by atoms with Crippen molar-refractivity contribution in [1.29, 1.82) is 0 Å². The lowest BCUT2D eigenvalue weighted by molar-refractivity contribution is -0.121. The molecule has 0 saturated carbocycles. The van der Waals surface area contributed by atoms with Crippen molar-refractivity contribution >= 4 is 27.9 Å². The SMILES string of the molecule is COc1ccc2c(C)c(CCC(=O)NCc3nc4ccccc4[nH]3)c(=O)oc2c1C. The van der Waals surface area contributed by atoms with Crippen LogP contribution in [0, 0.1) is 13.8 Å². The van der Waals surface area contributed by atoms with Gasteiger partial charge in [0.15, 0.2) is 0 Å². The monoisotopic (exact) mass is 405 g/mol. The molecule has 0 aliphatic heterocycles. The maximum Gasteiger partial charge on any atom is 0.339 e. The highest BCUT2D eigenvalue weighted by Crippen LogP contribution is 2.29. The molecule has 7 nitrogen and oxygen atoms in total. The third-order valence-corrected chi connectivity index (χ3v) is 5.37. The van der Waals surface area contributed by atoms with Crippen LogP contribution < -0.4 is 15.7 Å². The van der Waals surface area contributed by atoms with Gasteiger partial charge in [-0.3, -0.25) is 4.79 Å². The van der Waals surface area contributed by atoms with Gasteiger partial charge in [-0.2, -0.15) is 0 Å². The number of amides is 1. The van der Waals surface area contributed by atoms with Crippen molar-refractivity contribution in [1.82, 2.24) is 15.3 Å². The minimum atomic E-state index is -0.415. The quantitative estimate of drug-likeness (QED) is 0.478. The molecule has 2 aromatic carbocycles. The number of hydrogen-bond acceptors (Lipinski definition) is 5. The van der Waals surface area contributed by atoms with Gasteiger partial charge in [-0.25, -0.2) is 9.78 Å². The van der Waals surface area contributed by atoms with Gasteiger partial charge in [0.05, 0.1) is 24.7 Å². The average Bonchev–Trinajstić information content (AvgIpc) is 3.16. The standard InChI is InChI=1S/C23H23N3O4/c1-13-15-8-10-19(29-3)14(2)22(15)30-23(28)16(13)9-11-21(27)24-12-20-25-17-6-4-5-7-18(17)26-20/h4-8,10H,9,11-12H2,1-3H3,(H,24,27)(H,25,26). The van der Waals surface area contributed by atoms with E-state index in [1.165, 1.54) is 0 Å². The van der Waals surface area contributed by atoms with E-state index < -0.39 is 5.63 Å². The molecule has 0 bridgehead atoms. The Labute approximate surface area is 173 Å². The van der Waals surface area contributed by atoms with Crippen molar-refractivity contribution in [3.63, 3.8) is 0 Å². The Morgan fingerprint density at radius 1 is 1.17 bits per heavy atom. The zero-order valence-corrected chi connectivity index (χ0v) is 17.2. The van der Waals surface area contributed by atoms with Gasteiger partial charge in [-0.05, 0) is 50.1 Å². The van der Waals surface area contributed by atoms with Crippen LogP contribution in [0.25, 0.3) is 22.0 Å². The summed E-state index contributed by atoms with van der Waals surface area (Å²) in [5.74, 6) is 1.21. The van der Waals surface area contributed by atoms with E-state index in [-0.39, 0.29) is 12.3 Å². The van der Waals surface area contributed by atoms with E-state index in [1.54, 1.807) is 7.11 Å². The fourth-order valence-corrected chi connectivity index (χ4v) is 3.68. The van der Waals surface area contributed by atoms with Crippen LogP contribution in [-0.4, -0.2) is 23.0 Å². The van der Waals surface area contributed by atoms with Crippen LogP contribution in [0.4, 0.5) is 0 Å². The molecule has 0 unspecified atom stereocenters. The number of nitrogens with one attached hydrogen (secondary N) is 2. The van der Waals surface area contributed by atoms with Gasteiger partial charge in [0.25, 0.3) is 0 Å². The number of aryl methyl sites for hydroxylation is 2. The molecule has 1 amide bonds. The first-order chi connectivity index (χ1) is 14.5. The molecule has 4 aromatic rings. The van der Waals surface area contributed by atoms with E-state index in [0.29, 0.717) is 35.7 Å². The summed E-state index contributed by atoms with van der Waals surface area (Å²) in [6, 6.07) is 11.4. The fourth-order valence-electron chi connectivity index (χ4n) is 3.68. The normalized spacial score (nSPS) is 11.2. The molecule has 0 fully saturated rings. The highest BCUT2D eigenvalue weighted by Gasteiger charge is 2.16. The molecule has 0 radical (unpaired) electrons. The van der Waals surface area contributed by atoms with Gasteiger partial charge < -0.3 is 19.5 Å². The van der Waals surface area contributed by atoms with Crippen LogP contribution in [0.3, 0.4) is 0 Å². The van der Waals surface area contributed by atoms with E-state index in [9.17, 15) is 9.59 Å². The summed E-state index contributed by atoms with van der Waals surface area (Å²) < 4.78 is 10.9. The topological polar surface area (TPSA) is 97.2 Å². The maximum atomic E-state index is 12.5. The summed E-state index contributed by atoms with van der Waals surface area (Å²) in [7, 11) is 1.58. The summed E-state index contributed by atoms with van der Waals surface area (Å²) in [6.07, 6.45) is 0.494. The molecule has 154 valence electrons. The van der Waals surface area contributed by atoms with Crippen LogP contribution in [0.2, 0.25) is 0 Å². The summed E-state index contributed by atoms with van der Waals surface area (Å²) in [5, 5.41) is 3.70. The lowest BCUT2D eigenvalue weighted by Gasteiger charge is -2.11. The number of H-pyrrole nitrogens is 1. The van der Waals surface area contributed by atoms with Crippen molar-refractivity contribution in [3.8, 4) is 5.75 Å². The van der Waals surface area contributed by atoms with Crippen LogP contribution in [0.5, 0.6) is 5.75 Å². The number of aromatic amines is 1. The molecule has 30 heavy (non-hydrogen) atoms. The predicted octanol–water partition coefficient (Wildman–Crippen LogP) is 3.54. The van der Waals surface area contributed by atoms with E-state index in [0.717, 1.165) is 27.5 Å². The summed E-state index contributed by atoms with van der Waals surface area (Å²) in [6.45, 7) is 4.04. The highest BCUT2D eigenvalue weighted by molar-refractivity contribution is 5.86. The molecule has 0 saturated heterocycles. The smallest absolute Gasteiger partial charge is 0.339 e. The molecule has 0 spiro atoms. The van der Waals surface area contributed by atoms with Gasteiger partial charge in [-0.15, -0.1) is 0 Å². The summed E-state index contributed by atoms with van der Waals surface area (Å²) in [4.78, 5) is 32.5. The Hall–Kier alpha value is -3.61. The maximum absolute atomic E-state index is 12.5. The van der Waals surface area contributed by atoms with Crippen LogP contribution >= 0.6 is 0 Å². The number of imidazole rings is 1. The second-order valence-corrected chi connectivity index (χ2v) is 7.24. The lowest BCUT2D eigenvalue weighted by atomic mass is 10.0. The third-order valence-electron chi connectivity index (χ3n) is 5.37. The van der Waals surface area contributed by atoms with E-state index >= 15 is 0 Å². The first-order valence-electron chi connectivity index (χ1n) is 9.78. The molecule has 4 rings (SSSR count). The first-order valence-corrected chi connectivity index (χ1v) is 9.78. The Morgan fingerprint density at radius 3 is 2.73 bits per heavy atom. The van der Waals surface area contributed by atoms with Gasteiger partial charge in [0.2, 0.25) is 5.91 Å². The number of fused-ring (bicyclic) bond motifs is 2. The zero-order valence-electron chi connectivity index (χ0n) is 17.2. The fraction of sp³-hybridized carbons (Fsp3) is 0.261. The highest BCUT2D eigenvalue weighted by atomic mass is 16.5. The number of carbonyl (C=O) groups excluding carboxylic acids is 1. The summed E-state index contributed by atoms with van der Waals surface area (Å²) >= 11 is 0. The molecule has 0 atom stereocenters. The Bertz CT molecular complexity index is 1270. The predicted molar refractivity (Wildman–Crippen MR) is 115 cm³/mol. The number of aromatic nitrogens is 2. The molecular weight excluding hydrogens is 382 g/mol. The second-order valence-electron chi connectivity index (χ2n) is 7.24. The van der Waals surface area contributed by atoms with Crippen molar-refractivity contribution in [2.75, 3.05) is 7.11 Å². The third kappa shape index (κ3) is 3.66. The summed E-state index contributed by atoms with van der Waals surface area (Å²) in [5.41, 5.74) is 4.03. The number of para-hydroxylation sites is 2. The van der Waals surface area contributed by atoms with Crippen LogP contribution in [-0.2, 0) is 17.8 Å². The minimum absolute atomic E-state index is 0.153. The zero-order chi connectivity index (χ0) is 21.3. The molecular formula is C23H23N3O4. The van der Waals surface area contributed by atoms with Gasteiger partial charge >= 0.3 is 5.63 Å². The number of rotatable bonds is 6. The van der Waals surface area contributed by atoms with E-state index in [1.807, 2.05) is 50.2 Å². The van der Waals surface area contributed by atoms with Gasteiger partial charge in [-0.1, -0.05) is 12.1 Å². The molecule has 0 aliphatic carbocycles. The first kappa shape index (κ1) is 19.7. The number of ether oxygens (including phenoxy) is 1. The Morgan fingerprint density at radius 2 is 1.97 bits per heavy atom. The minimum Gasteiger partial charge on any atom is -0.496 e. The molecule has 2 N–H and O–H groups in total. The number of carbonyl (C=O) groups is 1. The van der Waals surface area contributed by atoms with E-state index in [2.05, 4.69) is 15.3 Å². The molecule has 7 heteroatoms. The molecule has 2 aromatic heterocycles. The van der Waals surface area contributed by atoms with Crippen molar-refractivity contribution < 1.29 is 13.9 Å². The van der Waals surface area contributed by atoms with Crippen LogP contribution in [0.15, 0.2) is 45.6 Å². The number of hydrogen-bond donors (Lipinski definition) is 2.